The maximum Gasteiger partial charge on any atom is 0.251 e. The summed E-state index contributed by atoms with van der Waals surface area (Å²) in [5.41, 5.74) is 3.13. The fraction of sp³-hybridized carbons (Fsp3) is 0.316. The van der Waals surface area contributed by atoms with Crippen LogP contribution in [-0.4, -0.2) is 32.6 Å². The van der Waals surface area contributed by atoms with Gasteiger partial charge in [-0.05, 0) is 48.6 Å². The van der Waals surface area contributed by atoms with Gasteiger partial charge < -0.3 is 10.4 Å². The molecule has 1 amide bonds. The minimum atomic E-state index is -1.01. The summed E-state index contributed by atoms with van der Waals surface area (Å²) in [4.78, 5) is 12.5. The first kappa shape index (κ1) is 15.8. The van der Waals surface area contributed by atoms with E-state index in [0.717, 1.165) is 29.5 Å². The van der Waals surface area contributed by atoms with Crippen molar-refractivity contribution in [3.8, 4) is 0 Å². The summed E-state index contributed by atoms with van der Waals surface area (Å²) >= 11 is 0. The monoisotopic (exact) mass is 336 g/mol. The first-order chi connectivity index (χ1) is 12.1. The summed E-state index contributed by atoms with van der Waals surface area (Å²) < 4.78 is 1.67. The lowest BCUT2D eigenvalue weighted by molar-refractivity contribution is 0.0189. The van der Waals surface area contributed by atoms with Crippen molar-refractivity contribution in [2.24, 2.45) is 7.05 Å². The molecule has 1 aliphatic carbocycles. The van der Waals surface area contributed by atoms with Crippen LogP contribution in [0.1, 0.15) is 34.3 Å². The lowest BCUT2D eigenvalue weighted by atomic mass is 9.79. The Hall–Kier alpha value is -2.73. The zero-order chi connectivity index (χ0) is 17.4. The van der Waals surface area contributed by atoms with Gasteiger partial charge in [-0.25, -0.2) is 4.68 Å². The molecular formula is C19H20N4O2. The third kappa shape index (κ3) is 2.78. The van der Waals surface area contributed by atoms with E-state index in [4.69, 9.17) is 0 Å². The highest BCUT2D eigenvalue weighted by molar-refractivity contribution is 5.97. The molecule has 0 saturated carbocycles. The third-order valence-corrected chi connectivity index (χ3v) is 4.97. The van der Waals surface area contributed by atoms with E-state index in [1.165, 1.54) is 0 Å². The normalized spacial score (nSPS) is 19.6. The standard InChI is InChI=1S/C19H20N4O2/c1-23-17-9-8-14(11-16(17)21-22-23)18(24)20-12-19(25)10-4-6-13-5-2-3-7-15(13)19/h2-3,5,7-9,11,25H,4,6,10,12H2,1H3,(H,20,24). The molecule has 1 aromatic heterocycles. The molecule has 25 heavy (non-hydrogen) atoms. The number of nitrogens with one attached hydrogen (secondary N) is 1. The predicted molar refractivity (Wildman–Crippen MR) is 94.1 cm³/mol. The molecule has 0 spiro atoms. The van der Waals surface area contributed by atoms with Crippen LogP contribution in [0.15, 0.2) is 42.5 Å². The first-order valence-electron chi connectivity index (χ1n) is 8.45. The van der Waals surface area contributed by atoms with Crippen molar-refractivity contribution < 1.29 is 9.90 Å². The molecule has 6 nitrogen and oxygen atoms in total. The number of carbonyl (C=O) groups is 1. The molecule has 1 unspecified atom stereocenters. The largest absolute Gasteiger partial charge is 0.383 e. The zero-order valence-electron chi connectivity index (χ0n) is 14.1. The van der Waals surface area contributed by atoms with Gasteiger partial charge in [0.05, 0.1) is 12.1 Å². The average Bonchev–Trinajstić information content (AvgIpc) is 3.01. The molecule has 2 aromatic carbocycles. The van der Waals surface area contributed by atoms with Gasteiger partial charge in [0.25, 0.3) is 5.91 Å². The molecule has 0 radical (unpaired) electrons. The van der Waals surface area contributed by atoms with Crippen LogP contribution in [0.5, 0.6) is 0 Å². The van der Waals surface area contributed by atoms with Crippen LogP contribution in [0.25, 0.3) is 11.0 Å². The Kier molecular flexibility index (Phi) is 3.77. The highest BCUT2D eigenvalue weighted by atomic mass is 16.3. The Morgan fingerprint density at radius 2 is 2.16 bits per heavy atom. The number of hydrogen-bond acceptors (Lipinski definition) is 4. The van der Waals surface area contributed by atoms with Crippen LogP contribution in [0.4, 0.5) is 0 Å². The lowest BCUT2D eigenvalue weighted by Gasteiger charge is -2.34. The smallest absolute Gasteiger partial charge is 0.251 e. The van der Waals surface area contributed by atoms with Crippen LogP contribution < -0.4 is 5.32 Å². The molecule has 1 aliphatic rings. The summed E-state index contributed by atoms with van der Waals surface area (Å²) in [5, 5.41) is 21.9. The highest BCUT2D eigenvalue weighted by Crippen LogP contribution is 2.34. The third-order valence-electron chi connectivity index (χ3n) is 4.97. The van der Waals surface area contributed by atoms with Gasteiger partial charge in [-0.2, -0.15) is 0 Å². The number of aliphatic hydroxyl groups is 1. The zero-order valence-corrected chi connectivity index (χ0v) is 14.1. The van der Waals surface area contributed by atoms with Crippen molar-refractivity contribution in [3.63, 3.8) is 0 Å². The second-order valence-electron chi connectivity index (χ2n) is 6.64. The number of aromatic nitrogens is 3. The topological polar surface area (TPSA) is 80.0 Å². The van der Waals surface area contributed by atoms with E-state index in [1.807, 2.05) is 37.4 Å². The van der Waals surface area contributed by atoms with Crippen LogP contribution >= 0.6 is 0 Å². The second-order valence-corrected chi connectivity index (χ2v) is 6.64. The summed E-state index contributed by atoms with van der Waals surface area (Å²) in [5.74, 6) is -0.218. The van der Waals surface area contributed by atoms with Crippen molar-refractivity contribution in [2.45, 2.75) is 24.9 Å². The fourth-order valence-electron chi connectivity index (χ4n) is 3.59. The Morgan fingerprint density at radius 1 is 1.32 bits per heavy atom. The number of carbonyl (C=O) groups excluding carboxylic acids is 1. The number of fused-ring (bicyclic) bond motifs is 2. The summed E-state index contributed by atoms with van der Waals surface area (Å²) in [6.07, 6.45) is 2.53. The Balaban J connectivity index is 1.53. The number of amides is 1. The minimum Gasteiger partial charge on any atom is -0.383 e. The molecule has 0 bridgehead atoms. The summed E-state index contributed by atoms with van der Waals surface area (Å²) in [6.45, 7) is 0.196. The van der Waals surface area contributed by atoms with Crippen molar-refractivity contribution in [2.75, 3.05) is 6.54 Å². The number of aryl methyl sites for hydroxylation is 2. The van der Waals surface area contributed by atoms with E-state index >= 15 is 0 Å². The molecule has 0 aliphatic heterocycles. The van der Waals surface area contributed by atoms with E-state index < -0.39 is 5.60 Å². The Morgan fingerprint density at radius 3 is 3.04 bits per heavy atom. The van der Waals surface area contributed by atoms with Crippen LogP contribution in [0, 0.1) is 0 Å². The maximum absolute atomic E-state index is 12.5. The molecular weight excluding hydrogens is 316 g/mol. The van der Waals surface area contributed by atoms with Crippen LogP contribution in [-0.2, 0) is 19.1 Å². The molecule has 1 atom stereocenters. The van der Waals surface area contributed by atoms with E-state index in [9.17, 15) is 9.90 Å². The minimum absolute atomic E-state index is 0.196. The first-order valence-corrected chi connectivity index (χ1v) is 8.45. The van der Waals surface area contributed by atoms with Gasteiger partial charge in [-0.15, -0.1) is 5.10 Å². The van der Waals surface area contributed by atoms with Crippen LogP contribution in [0.3, 0.4) is 0 Å². The van der Waals surface area contributed by atoms with Crippen molar-refractivity contribution >= 4 is 16.9 Å². The Bertz CT molecular complexity index is 950. The predicted octanol–water partition coefficient (Wildman–Crippen LogP) is 1.92. The van der Waals surface area contributed by atoms with Crippen molar-refractivity contribution in [3.05, 3.63) is 59.2 Å². The van der Waals surface area contributed by atoms with Gasteiger partial charge in [-0.3, -0.25) is 4.79 Å². The molecule has 6 heteroatoms. The molecule has 0 fully saturated rings. The van der Waals surface area contributed by atoms with Gasteiger partial charge in [0.1, 0.15) is 11.1 Å². The van der Waals surface area contributed by atoms with Gasteiger partial charge in [-0.1, -0.05) is 29.5 Å². The molecule has 4 rings (SSSR count). The van der Waals surface area contributed by atoms with E-state index in [1.54, 1.807) is 16.8 Å². The fourth-order valence-corrected chi connectivity index (χ4v) is 3.59. The van der Waals surface area contributed by atoms with Gasteiger partial charge in [0, 0.05) is 12.6 Å². The maximum atomic E-state index is 12.5. The lowest BCUT2D eigenvalue weighted by Crippen LogP contribution is -2.43. The van der Waals surface area contributed by atoms with E-state index in [2.05, 4.69) is 15.6 Å². The average molecular weight is 336 g/mol. The van der Waals surface area contributed by atoms with E-state index in [0.29, 0.717) is 17.5 Å². The number of hydrogen-bond donors (Lipinski definition) is 2. The van der Waals surface area contributed by atoms with Gasteiger partial charge >= 0.3 is 0 Å². The highest BCUT2D eigenvalue weighted by Gasteiger charge is 2.34. The molecule has 3 aromatic rings. The molecule has 2 N–H and O–H groups in total. The number of nitrogens with zero attached hydrogens (tertiary/aromatic N) is 3. The molecule has 1 heterocycles. The van der Waals surface area contributed by atoms with Gasteiger partial charge in [0.2, 0.25) is 0 Å². The quantitative estimate of drug-likeness (QED) is 0.766. The second kappa shape index (κ2) is 5.97. The van der Waals surface area contributed by atoms with Crippen molar-refractivity contribution in [1.29, 1.82) is 0 Å². The number of rotatable bonds is 3. The molecule has 0 saturated heterocycles. The Labute approximate surface area is 145 Å². The van der Waals surface area contributed by atoms with E-state index in [-0.39, 0.29) is 12.5 Å². The molecule has 128 valence electrons. The summed E-state index contributed by atoms with van der Waals surface area (Å²) in [6, 6.07) is 13.2. The SMILES string of the molecule is Cn1nnc2cc(C(=O)NCC3(O)CCCc4ccccc43)ccc21. The van der Waals surface area contributed by atoms with Crippen LogP contribution in [0.2, 0.25) is 0 Å². The van der Waals surface area contributed by atoms with Crippen molar-refractivity contribution in [1.82, 2.24) is 20.3 Å². The van der Waals surface area contributed by atoms with Gasteiger partial charge in [0.15, 0.2) is 0 Å². The number of benzene rings is 2. The summed E-state index contributed by atoms with van der Waals surface area (Å²) in [7, 11) is 1.81.